The SMILES string of the molecule is CC[C@@H]1C[C@H]2C[C@H](c3cc4c(cc3OC)N(C)[C@@H]3[C@](O)(C(=O)OC)[C@H](OC(C)=O)[C@]5(CC)C=CCN6CC[C@]43[C@@H]65)c3[nH]c4ccccc4c3CCN(C1)C2. The minimum atomic E-state index is -2.16. The van der Waals surface area contributed by atoms with Gasteiger partial charge in [-0.25, -0.2) is 4.79 Å². The van der Waals surface area contributed by atoms with E-state index in [1.165, 1.54) is 49.0 Å². The summed E-state index contributed by atoms with van der Waals surface area (Å²) in [5.74, 6) is 0.754. The highest BCUT2D eigenvalue weighted by Gasteiger charge is 2.80. The van der Waals surface area contributed by atoms with Crippen LogP contribution in [0.3, 0.4) is 0 Å². The van der Waals surface area contributed by atoms with Gasteiger partial charge in [0.05, 0.1) is 20.3 Å². The Morgan fingerprint density at radius 3 is 2.61 bits per heavy atom. The van der Waals surface area contributed by atoms with Gasteiger partial charge in [-0.1, -0.05) is 50.6 Å². The first kappa shape index (κ1) is 35.8. The second-order valence-corrected chi connectivity index (χ2v) is 17.2. The van der Waals surface area contributed by atoms with E-state index in [0.717, 1.165) is 74.6 Å². The number of likely N-dealkylation sites (N-methyl/N-ethyl adjacent to an activating group) is 1. The van der Waals surface area contributed by atoms with Gasteiger partial charge in [0.15, 0.2) is 6.10 Å². The summed E-state index contributed by atoms with van der Waals surface area (Å²) >= 11 is 0. The van der Waals surface area contributed by atoms with E-state index in [1.807, 2.05) is 7.05 Å². The van der Waals surface area contributed by atoms with Crippen LogP contribution in [0.1, 0.15) is 81.2 Å². The molecule has 0 radical (unpaired) electrons. The van der Waals surface area contributed by atoms with Gasteiger partial charge in [-0.2, -0.15) is 0 Å². The number of esters is 2. The van der Waals surface area contributed by atoms with Gasteiger partial charge < -0.3 is 34.1 Å². The van der Waals surface area contributed by atoms with Crippen LogP contribution < -0.4 is 9.64 Å². The maximum absolute atomic E-state index is 14.3. The normalized spacial score (nSPS) is 36.6. The van der Waals surface area contributed by atoms with Crippen LogP contribution in [0.4, 0.5) is 5.69 Å². The van der Waals surface area contributed by atoms with Crippen LogP contribution in [0.25, 0.3) is 10.9 Å². The van der Waals surface area contributed by atoms with Crippen LogP contribution in [-0.4, -0.2) is 110 Å². The molecule has 0 amide bonds. The van der Waals surface area contributed by atoms with E-state index in [2.05, 4.69) is 82.1 Å². The average Bonchev–Trinajstić information content (AvgIpc) is 3.84. The Hall–Kier alpha value is -3.86. The molecule has 3 aromatic rings. The van der Waals surface area contributed by atoms with Gasteiger partial charge in [-0.05, 0) is 73.7 Å². The van der Waals surface area contributed by atoms with E-state index < -0.39 is 40.5 Å². The Morgan fingerprint density at radius 1 is 1.06 bits per heavy atom. The van der Waals surface area contributed by atoms with Crippen molar-refractivity contribution in [1.82, 2.24) is 14.8 Å². The second-order valence-electron chi connectivity index (χ2n) is 17.2. The number of aromatic amines is 1. The zero-order chi connectivity index (χ0) is 37.7. The first-order valence-corrected chi connectivity index (χ1v) is 20.2. The third-order valence-corrected chi connectivity index (χ3v) is 14.9. The van der Waals surface area contributed by atoms with Gasteiger partial charge in [-0.3, -0.25) is 9.69 Å². The molecular formula is C44H56N4O6. The molecule has 10 atom stereocenters. The van der Waals surface area contributed by atoms with Crippen molar-refractivity contribution in [1.29, 1.82) is 0 Å². The van der Waals surface area contributed by atoms with Gasteiger partial charge in [0.25, 0.3) is 0 Å². The Labute approximate surface area is 318 Å². The number of fused-ring (bicyclic) bond motifs is 6. The third-order valence-electron chi connectivity index (χ3n) is 14.9. The van der Waals surface area contributed by atoms with E-state index in [1.54, 1.807) is 7.11 Å². The third kappa shape index (κ3) is 4.75. The van der Waals surface area contributed by atoms with Gasteiger partial charge >= 0.3 is 11.9 Å². The molecule has 6 aliphatic rings. The molecule has 3 fully saturated rings. The van der Waals surface area contributed by atoms with E-state index in [0.29, 0.717) is 18.3 Å². The lowest BCUT2D eigenvalue weighted by Gasteiger charge is -2.63. The number of methoxy groups -OCH3 is 2. The maximum Gasteiger partial charge on any atom is 0.344 e. The number of nitrogens with one attached hydrogen (secondary N) is 1. The number of benzene rings is 2. The summed E-state index contributed by atoms with van der Waals surface area (Å²) in [6.45, 7) is 10.6. The smallest absolute Gasteiger partial charge is 0.344 e. The first-order chi connectivity index (χ1) is 26.0. The summed E-state index contributed by atoms with van der Waals surface area (Å²) in [6.07, 6.45) is 8.78. The van der Waals surface area contributed by atoms with E-state index in [9.17, 15) is 14.7 Å². The predicted octanol–water partition coefficient (Wildman–Crippen LogP) is 5.55. The molecule has 1 aromatic heterocycles. The Balaban J connectivity index is 1.29. The van der Waals surface area contributed by atoms with Gasteiger partial charge in [-0.15, -0.1) is 0 Å². The number of piperidine rings is 1. The summed E-state index contributed by atoms with van der Waals surface area (Å²) in [6, 6.07) is 12.4. The van der Waals surface area contributed by atoms with Crippen molar-refractivity contribution in [3.05, 3.63) is 70.9 Å². The van der Waals surface area contributed by atoms with Crippen molar-refractivity contribution in [3.8, 4) is 5.75 Å². The quantitative estimate of drug-likeness (QED) is 0.249. The molecule has 10 nitrogen and oxygen atoms in total. The molecule has 288 valence electrons. The molecule has 2 saturated heterocycles. The summed E-state index contributed by atoms with van der Waals surface area (Å²) in [7, 11) is 5.04. The molecule has 2 bridgehead atoms. The summed E-state index contributed by atoms with van der Waals surface area (Å²) in [5.41, 5.74) is 3.37. The number of nitrogens with zero attached hydrogens (tertiary/aromatic N) is 3. The zero-order valence-corrected chi connectivity index (χ0v) is 32.7. The molecule has 10 heteroatoms. The molecule has 1 spiro atoms. The fraction of sp³-hybridized carbons (Fsp3) is 0.591. The lowest BCUT2D eigenvalue weighted by atomic mass is 9.47. The molecule has 54 heavy (non-hydrogen) atoms. The van der Waals surface area contributed by atoms with Gasteiger partial charge in [0.1, 0.15) is 5.75 Å². The molecule has 1 saturated carbocycles. The second kappa shape index (κ2) is 12.8. The highest BCUT2D eigenvalue weighted by Crippen LogP contribution is 2.68. The highest BCUT2D eigenvalue weighted by molar-refractivity contribution is 5.88. The molecular weight excluding hydrogens is 681 g/mol. The number of aromatic nitrogens is 1. The van der Waals surface area contributed by atoms with Crippen molar-refractivity contribution in [2.24, 2.45) is 17.3 Å². The fourth-order valence-corrected chi connectivity index (χ4v) is 12.9. The first-order valence-electron chi connectivity index (χ1n) is 20.2. The number of H-pyrrole nitrogens is 1. The zero-order valence-electron chi connectivity index (χ0n) is 32.7. The van der Waals surface area contributed by atoms with E-state index >= 15 is 0 Å². The molecule has 9 rings (SSSR count). The Bertz CT molecular complexity index is 2030. The number of carbonyl (C=O) groups is 2. The summed E-state index contributed by atoms with van der Waals surface area (Å²) in [4.78, 5) is 38.4. The number of para-hydroxylation sites is 1. The minimum absolute atomic E-state index is 0.0468. The van der Waals surface area contributed by atoms with Crippen molar-refractivity contribution >= 4 is 28.5 Å². The van der Waals surface area contributed by atoms with Crippen LogP contribution >= 0.6 is 0 Å². The van der Waals surface area contributed by atoms with Crippen molar-refractivity contribution in [2.75, 3.05) is 58.9 Å². The number of ether oxygens (including phenoxy) is 3. The highest BCUT2D eigenvalue weighted by atomic mass is 16.6. The largest absolute Gasteiger partial charge is 0.496 e. The molecule has 1 aliphatic carbocycles. The minimum Gasteiger partial charge on any atom is -0.496 e. The maximum atomic E-state index is 14.3. The number of rotatable bonds is 6. The van der Waals surface area contributed by atoms with Crippen LogP contribution in [0.15, 0.2) is 48.6 Å². The Morgan fingerprint density at radius 2 is 1.87 bits per heavy atom. The molecule has 2 N–H and O–H groups in total. The van der Waals surface area contributed by atoms with Crippen molar-refractivity contribution < 1.29 is 28.9 Å². The fourth-order valence-electron chi connectivity index (χ4n) is 12.9. The number of carbonyl (C=O) groups excluding carboxylic acids is 2. The molecule has 2 aromatic carbocycles. The number of aliphatic hydroxyl groups is 1. The monoisotopic (exact) mass is 736 g/mol. The van der Waals surface area contributed by atoms with E-state index in [4.69, 9.17) is 14.2 Å². The number of hydrogen-bond acceptors (Lipinski definition) is 9. The van der Waals surface area contributed by atoms with E-state index in [-0.39, 0.29) is 12.0 Å². The van der Waals surface area contributed by atoms with Gasteiger partial charge in [0, 0.05) is 96.9 Å². The molecule has 6 heterocycles. The van der Waals surface area contributed by atoms with Gasteiger partial charge in [0.2, 0.25) is 5.60 Å². The van der Waals surface area contributed by atoms with Crippen molar-refractivity contribution in [2.45, 2.75) is 94.4 Å². The van der Waals surface area contributed by atoms with Crippen LogP contribution in [0.5, 0.6) is 5.75 Å². The van der Waals surface area contributed by atoms with Crippen LogP contribution in [0.2, 0.25) is 0 Å². The topological polar surface area (TPSA) is 108 Å². The summed E-state index contributed by atoms with van der Waals surface area (Å²) < 4.78 is 18.0. The predicted molar refractivity (Wildman–Crippen MR) is 208 cm³/mol. The number of anilines is 1. The summed E-state index contributed by atoms with van der Waals surface area (Å²) in [5, 5.41) is 14.5. The Kier molecular flexibility index (Phi) is 8.52. The molecule has 5 aliphatic heterocycles. The standard InChI is InChI=1S/C44H56N4O6/c1-7-27-20-28-21-32(37-30(14-18-47(24-27)25-28)29-12-9-10-13-34(29)45-37)31-22-33-35(23-36(31)52-5)46(4)39-43(33)16-19-48-17-11-15-42(8-2,38(43)48)40(54-26(3)49)44(39,51)41(50)53-6/h9-13,15,22-23,27-28,32,38-40,45,51H,7-8,14,16-21,24-25H2,1-6H3/t27-,28+,32-,38+,39+,40-,42-,43-,44-/m1/s1. The molecule has 1 unspecified atom stereocenters. The number of hydrogen-bond donors (Lipinski definition) is 2. The lowest BCUT2D eigenvalue weighted by molar-refractivity contribution is -0.228. The van der Waals surface area contributed by atoms with Crippen molar-refractivity contribution in [3.63, 3.8) is 0 Å². The van der Waals surface area contributed by atoms with Crippen LogP contribution in [-0.2, 0) is 30.9 Å². The van der Waals surface area contributed by atoms with Crippen LogP contribution in [0, 0.1) is 17.3 Å². The lowest BCUT2D eigenvalue weighted by Crippen LogP contribution is -2.81. The average molecular weight is 737 g/mol.